The van der Waals surface area contributed by atoms with E-state index in [1.807, 2.05) is 0 Å². The summed E-state index contributed by atoms with van der Waals surface area (Å²) in [6, 6.07) is 6.15. The van der Waals surface area contributed by atoms with Crippen molar-refractivity contribution in [2.24, 2.45) is 0 Å². The van der Waals surface area contributed by atoms with Crippen LogP contribution in [0.1, 0.15) is 12.8 Å². The number of hydrogen-bond acceptors (Lipinski definition) is 6. The lowest BCUT2D eigenvalue weighted by molar-refractivity contribution is -0.121. The van der Waals surface area contributed by atoms with Crippen molar-refractivity contribution in [2.45, 2.75) is 12.8 Å². The Kier molecular flexibility index (Phi) is 8.44. The Morgan fingerprint density at radius 3 is 1.30 bits per heavy atom. The normalized spacial score (nSPS) is 10.2. The Balaban J connectivity index is 2.01. The number of benzene rings is 2. The molecule has 2 amide bonds. The van der Waals surface area contributed by atoms with Crippen molar-refractivity contribution < 1.29 is 28.5 Å². The first-order valence-corrected chi connectivity index (χ1v) is 9.51. The maximum atomic E-state index is 12.3. The third-order valence-electron chi connectivity index (χ3n) is 4.08. The minimum absolute atomic E-state index is 0.0625. The van der Waals surface area contributed by atoms with Gasteiger partial charge >= 0.3 is 0 Å². The molecule has 0 fully saturated rings. The Labute approximate surface area is 184 Å². The lowest BCUT2D eigenvalue weighted by Gasteiger charge is -2.14. The third kappa shape index (κ3) is 5.84. The van der Waals surface area contributed by atoms with Crippen LogP contribution in [0.2, 0.25) is 10.0 Å². The number of amides is 2. The molecule has 2 rings (SSSR count). The van der Waals surface area contributed by atoms with Crippen molar-refractivity contribution in [3.05, 3.63) is 34.3 Å². The monoisotopic (exact) mass is 456 g/mol. The highest BCUT2D eigenvalue weighted by Gasteiger charge is 2.16. The zero-order valence-electron chi connectivity index (χ0n) is 16.9. The van der Waals surface area contributed by atoms with Gasteiger partial charge in [0.05, 0.1) is 49.9 Å². The zero-order chi connectivity index (χ0) is 22.3. The molecule has 2 N–H and O–H groups in total. The van der Waals surface area contributed by atoms with E-state index in [1.165, 1.54) is 40.6 Å². The van der Waals surface area contributed by atoms with Crippen LogP contribution in [0.5, 0.6) is 23.0 Å². The first kappa shape index (κ1) is 23.4. The van der Waals surface area contributed by atoms with E-state index in [0.717, 1.165) is 0 Å². The van der Waals surface area contributed by atoms with Gasteiger partial charge in [-0.15, -0.1) is 0 Å². The highest BCUT2D eigenvalue weighted by atomic mass is 35.5. The van der Waals surface area contributed by atoms with E-state index in [-0.39, 0.29) is 24.7 Å². The molecule has 8 nitrogen and oxygen atoms in total. The van der Waals surface area contributed by atoms with Gasteiger partial charge in [-0.3, -0.25) is 9.59 Å². The van der Waals surface area contributed by atoms with Gasteiger partial charge in [-0.1, -0.05) is 23.2 Å². The van der Waals surface area contributed by atoms with Crippen LogP contribution in [0.4, 0.5) is 11.4 Å². The van der Waals surface area contributed by atoms with Crippen LogP contribution in [0.15, 0.2) is 24.3 Å². The average molecular weight is 457 g/mol. The first-order valence-electron chi connectivity index (χ1n) is 8.75. The SMILES string of the molecule is COc1cc(NC(=O)CCC(=O)Nc2cc(OC)c(Cl)cc2OC)c(OC)cc1Cl. The second-order valence-electron chi connectivity index (χ2n) is 5.97. The number of carbonyl (C=O) groups is 2. The van der Waals surface area contributed by atoms with Gasteiger partial charge in [0.15, 0.2) is 0 Å². The second-order valence-corrected chi connectivity index (χ2v) is 6.78. The lowest BCUT2D eigenvalue weighted by Crippen LogP contribution is -2.18. The van der Waals surface area contributed by atoms with Crippen LogP contribution >= 0.6 is 23.2 Å². The molecule has 0 unspecified atom stereocenters. The molecule has 0 saturated heterocycles. The van der Waals surface area contributed by atoms with Crippen molar-refractivity contribution >= 4 is 46.4 Å². The van der Waals surface area contributed by atoms with E-state index in [4.69, 9.17) is 42.1 Å². The third-order valence-corrected chi connectivity index (χ3v) is 4.67. The number of halogens is 2. The molecular formula is C20H22Cl2N2O6. The van der Waals surface area contributed by atoms with Gasteiger partial charge < -0.3 is 29.6 Å². The Morgan fingerprint density at radius 1 is 0.667 bits per heavy atom. The van der Waals surface area contributed by atoms with Gasteiger partial charge in [0.1, 0.15) is 23.0 Å². The molecule has 0 aliphatic carbocycles. The highest BCUT2D eigenvalue weighted by molar-refractivity contribution is 6.32. The Hall–Kier alpha value is -2.84. The predicted molar refractivity (Wildman–Crippen MR) is 116 cm³/mol. The average Bonchev–Trinajstić information content (AvgIpc) is 2.73. The largest absolute Gasteiger partial charge is 0.495 e. The molecule has 10 heteroatoms. The number of nitrogens with one attached hydrogen (secondary N) is 2. The fraction of sp³-hybridized carbons (Fsp3) is 0.300. The molecule has 0 saturated carbocycles. The molecule has 0 aliphatic heterocycles. The summed E-state index contributed by atoms with van der Waals surface area (Å²) in [5.41, 5.74) is 0.765. The van der Waals surface area contributed by atoms with Crippen molar-refractivity contribution in [3.8, 4) is 23.0 Å². The molecule has 0 radical (unpaired) electrons. The summed E-state index contributed by atoms with van der Waals surface area (Å²) in [5.74, 6) is 0.749. The van der Waals surface area contributed by atoms with Crippen LogP contribution in [0.3, 0.4) is 0 Å². The molecule has 0 aromatic heterocycles. The smallest absolute Gasteiger partial charge is 0.224 e. The van der Waals surface area contributed by atoms with Crippen LogP contribution in [0.25, 0.3) is 0 Å². The van der Waals surface area contributed by atoms with Crippen molar-refractivity contribution in [2.75, 3.05) is 39.1 Å². The topological polar surface area (TPSA) is 95.1 Å². The Morgan fingerprint density at radius 2 is 1.00 bits per heavy atom. The van der Waals surface area contributed by atoms with Crippen molar-refractivity contribution in [1.82, 2.24) is 0 Å². The fourth-order valence-corrected chi connectivity index (χ4v) is 3.03. The zero-order valence-corrected chi connectivity index (χ0v) is 18.4. The highest BCUT2D eigenvalue weighted by Crippen LogP contribution is 2.37. The molecule has 0 aliphatic rings. The summed E-state index contributed by atoms with van der Waals surface area (Å²) in [4.78, 5) is 24.6. The van der Waals surface area contributed by atoms with E-state index < -0.39 is 0 Å². The van der Waals surface area contributed by atoms with Gasteiger partial charge in [-0.2, -0.15) is 0 Å². The molecule has 30 heavy (non-hydrogen) atoms. The van der Waals surface area contributed by atoms with Gasteiger partial charge in [0.2, 0.25) is 11.8 Å². The summed E-state index contributed by atoms with van der Waals surface area (Å²) in [7, 11) is 5.83. The number of carbonyl (C=O) groups excluding carboxylic acids is 2. The van der Waals surface area contributed by atoms with E-state index in [1.54, 1.807) is 12.1 Å². The molecule has 2 aromatic rings. The lowest BCUT2D eigenvalue weighted by atomic mass is 10.2. The van der Waals surface area contributed by atoms with Crippen LogP contribution in [0, 0.1) is 0 Å². The summed E-state index contributed by atoms with van der Waals surface area (Å²) in [6.07, 6.45) is -0.125. The molecule has 0 spiro atoms. The fourth-order valence-electron chi connectivity index (χ4n) is 2.57. The van der Waals surface area contributed by atoms with E-state index in [9.17, 15) is 9.59 Å². The van der Waals surface area contributed by atoms with Crippen molar-refractivity contribution in [3.63, 3.8) is 0 Å². The number of rotatable bonds is 9. The Bertz CT molecular complexity index is 860. The summed E-state index contributed by atoms with van der Waals surface area (Å²) < 4.78 is 20.7. The van der Waals surface area contributed by atoms with E-state index >= 15 is 0 Å². The summed E-state index contributed by atoms with van der Waals surface area (Å²) >= 11 is 12.1. The maximum absolute atomic E-state index is 12.3. The van der Waals surface area contributed by atoms with E-state index in [2.05, 4.69) is 10.6 Å². The molecule has 0 heterocycles. The van der Waals surface area contributed by atoms with E-state index in [0.29, 0.717) is 44.4 Å². The van der Waals surface area contributed by atoms with Gasteiger partial charge in [0, 0.05) is 37.1 Å². The minimum atomic E-state index is -0.381. The summed E-state index contributed by atoms with van der Waals surface area (Å²) in [6.45, 7) is 0. The number of hydrogen-bond donors (Lipinski definition) is 2. The number of ether oxygens (including phenoxy) is 4. The molecule has 162 valence electrons. The minimum Gasteiger partial charge on any atom is -0.495 e. The molecule has 0 atom stereocenters. The van der Waals surface area contributed by atoms with Gasteiger partial charge in [-0.25, -0.2) is 0 Å². The second kappa shape index (κ2) is 10.8. The van der Waals surface area contributed by atoms with Crippen LogP contribution in [-0.4, -0.2) is 40.3 Å². The predicted octanol–water partition coefficient (Wildman–Crippen LogP) is 4.39. The molecular weight excluding hydrogens is 435 g/mol. The molecule has 2 aromatic carbocycles. The van der Waals surface area contributed by atoms with Gasteiger partial charge in [-0.05, 0) is 0 Å². The van der Waals surface area contributed by atoms with Gasteiger partial charge in [0.25, 0.3) is 0 Å². The summed E-state index contributed by atoms with van der Waals surface area (Å²) in [5, 5.41) is 6.07. The first-order chi connectivity index (χ1) is 14.3. The number of anilines is 2. The number of methoxy groups -OCH3 is 4. The van der Waals surface area contributed by atoms with Crippen molar-refractivity contribution in [1.29, 1.82) is 0 Å². The molecule has 0 bridgehead atoms. The standard InChI is InChI=1S/C20H22Cl2N2O6/c1-27-15-9-13(17(29-3)7-11(15)21)23-19(25)5-6-20(26)24-14-10-16(28-2)12(22)8-18(14)30-4/h7-10H,5-6H2,1-4H3,(H,23,25)(H,24,26). The maximum Gasteiger partial charge on any atom is 0.224 e. The quantitative estimate of drug-likeness (QED) is 0.580. The van der Waals surface area contributed by atoms with Crippen LogP contribution in [-0.2, 0) is 9.59 Å². The van der Waals surface area contributed by atoms with Crippen LogP contribution < -0.4 is 29.6 Å².